The van der Waals surface area contributed by atoms with Crippen molar-refractivity contribution in [3.05, 3.63) is 0 Å². The van der Waals surface area contributed by atoms with Gasteiger partial charge in [-0.1, -0.05) is 0 Å². The zero-order chi connectivity index (χ0) is 9.72. The van der Waals surface area contributed by atoms with Gasteiger partial charge in [0.2, 0.25) is 0 Å². The molecule has 3 nitrogen and oxygen atoms in total. The molecule has 0 saturated carbocycles. The van der Waals surface area contributed by atoms with E-state index in [1.807, 2.05) is 18.9 Å². The topological polar surface area (TPSA) is 40.5 Å². The number of hydrogen-bond acceptors (Lipinski definition) is 3. The van der Waals surface area contributed by atoms with Gasteiger partial charge in [0, 0.05) is 19.0 Å². The van der Waals surface area contributed by atoms with Crippen molar-refractivity contribution in [2.45, 2.75) is 39.3 Å². The molecule has 0 heterocycles. The summed E-state index contributed by atoms with van der Waals surface area (Å²) in [5.41, 5.74) is 0. The van der Waals surface area contributed by atoms with Gasteiger partial charge in [-0.2, -0.15) is 0 Å². The summed E-state index contributed by atoms with van der Waals surface area (Å²) in [6.45, 7) is 5.95. The molecule has 0 bridgehead atoms. The quantitative estimate of drug-likeness (QED) is 0.664. The fraction of sp³-hybridized carbons (Fsp3) is 0.889. The molecule has 72 valence electrons. The third-order valence-corrected chi connectivity index (χ3v) is 1.89. The molecular weight excluding hydrogens is 154 g/mol. The van der Waals surface area contributed by atoms with Crippen molar-refractivity contribution >= 4 is 5.78 Å². The number of aliphatic hydroxyl groups excluding tert-OH is 1. The molecule has 0 aliphatic carbocycles. The fourth-order valence-corrected chi connectivity index (χ4v) is 1.17. The van der Waals surface area contributed by atoms with Crippen LogP contribution in [-0.2, 0) is 4.79 Å². The number of Topliss-reactive ketones (excluding diaryl/α,β-unsaturated/α-hetero) is 1. The Morgan fingerprint density at radius 1 is 1.50 bits per heavy atom. The predicted octanol–water partition coefficient (Wildman–Crippen LogP) is 0.667. The van der Waals surface area contributed by atoms with Gasteiger partial charge in [0.25, 0.3) is 0 Å². The van der Waals surface area contributed by atoms with E-state index in [2.05, 4.69) is 0 Å². The monoisotopic (exact) mass is 173 g/mol. The number of nitrogens with zero attached hydrogens (tertiary/aromatic N) is 1. The predicted molar refractivity (Wildman–Crippen MR) is 49.1 cm³/mol. The highest BCUT2D eigenvalue weighted by atomic mass is 16.3. The second-order valence-electron chi connectivity index (χ2n) is 3.54. The summed E-state index contributed by atoms with van der Waals surface area (Å²) < 4.78 is 0. The second-order valence-corrected chi connectivity index (χ2v) is 3.54. The third-order valence-electron chi connectivity index (χ3n) is 1.89. The van der Waals surface area contributed by atoms with Crippen molar-refractivity contribution in [2.75, 3.05) is 13.6 Å². The Kier molecular flexibility index (Phi) is 5.09. The minimum absolute atomic E-state index is 0.194. The average molecular weight is 173 g/mol. The zero-order valence-corrected chi connectivity index (χ0v) is 8.37. The largest absolute Gasteiger partial charge is 0.392 e. The Morgan fingerprint density at radius 2 is 2.00 bits per heavy atom. The molecule has 0 radical (unpaired) electrons. The molecule has 1 N–H and O–H groups in total. The van der Waals surface area contributed by atoms with Crippen LogP contribution in [0, 0.1) is 0 Å². The van der Waals surface area contributed by atoms with Gasteiger partial charge in [0.05, 0.1) is 6.10 Å². The van der Waals surface area contributed by atoms with Crippen molar-refractivity contribution in [1.82, 2.24) is 4.90 Å². The van der Waals surface area contributed by atoms with E-state index in [1.165, 1.54) is 0 Å². The van der Waals surface area contributed by atoms with Crippen LogP contribution in [0.25, 0.3) is 0 Å². The first-order valence-corrected chi connectivity index (χ1v) is 4.31. The van der Waals surface area contributed by atoms with Crippen LogP contribution in [0.5, 0.6) is 0 Å². The Balaban J connectivity index is 3.76. The SMILES string of the molecule is CC(=O)CC(C)N(C)CC(C)O. The van der Waals surface area contributed by atoms with Gasteiger partial charge in [0.1, 0.15) is 5.78 Å². The maximum absolute atomic E-state index is 10.8. The number of rotatable bonds is 5. The summed E-state index contributed by atoms with van der Waals surface area (Å²) >= 11 is 0. The highest BCUT2D eigenvalue weighted by Gasteiger charge is 2.12. The van der Waals surface area contributed by atoms with Crippen LogP contribution in [0.1, 0.15) is 27.2 Å². The van der Waals surface area contributed by atoms with E-state index in [-0.39, 0.29) is 17.9 Å². The summed E-state index contributed by atoms with van der Waals surface area (Å²) in [4.78, 5) is 12.7. The van der Waals surface area contributed by atoms with Gasteiger partial charge < -0.3 is 10.0 Å². The average Bonchev–Trinajstić information content (AvgIpc) is 1.84. The number of likely N-dealkylation sites (N-methyl/N-ethyl adjacent to an activating group) is 1. The molecule has 0 aromatic rings. The normalized spacial score (nSPS) is 16.2. The molecule has 0 aromatic heterocycles. The smallest absolute Gasteiger partial charge is 0.131 e. The van der Waals surface area contributed by atoms with Crippen LogP contribution in [0.2, 0.25) is 0 Å². The van der Waals surface area contributed by atoms with Crippen LogP contribution in [0.15, 0.2) is 0 Å². The molecule has 2 atom stereocenters. The fourth-order valence-electron chi connectivity index (χ4n) is 1.17. The first-order chi connectivity index (χ1) is 5.43. The Labute approximate surface area is 74.4 Å². The standard InChI is InChI=1S/C9H19NO2/c1-7(5-8(2)11)10(4)6-9(3)12/h7,9,12H,5-6H2,1-4H3. The van der Waals surface area contributed by atoms with Crippen molar-refractivity contribution < 1.29 is 9.90 Å². The zero-order valence-electron chi connectivity index (χ0n) is 8.37. The van der Waals surface area contributed by atoms with E-state index in [1.54, 1.807) is 13.8 Å². The third kappa shape index (κ3) is 5.27. The van der Waals surface area contributed by atoms with Gasteiger partial charge in [-0.3, -0.25) is 4.79 Å². The molecule has 0 spiro atoms. The maximum atomic E-state index is 10.8. The lowest BCUT2D eigenvalue weighted by molar-refractivity contribution is -0.118. The lowest BCUT2D eigenvalue weighted by atomic mass is 10.1. The Bertz CT molecular complexity index is 145. The minimum atomic E-state index is -0.329. The molecule has 0 amide bonds. The molecule has 0 aliphatic heterocycles. The van der Waals surface area contributed by atoms with Crippen LogP contribution >= 0.6 is 0 Å². The second kappa shape index (κ2) is 5.27. The number of aliphatic hydroxyl groups is 1. The number of ketones is 1. The van der Waals surface area contributed by atoms with Crippen LogP contribution in [-0.4, -0.2) is 41.5 Å². The molecule has 0 aliphatic rings. The summed E-state index contributed by atoms with van der Waals surface area (Å²) in [6, 6.07) is 0.220. The van der Waals surface area contributed by atoms with Crippen molar-refractivity contribution in [1.29, 1.82) is 0 Å². The lowest BCUT2D eigenvalue weighted by Gasteiger charge is -2.24. The highest BCUT2D eigenvalue weighted by molar-refractivity contribution is 5.76. The van der Waals surface area contributed by atoms with Crippen molar-refractivity contribution in [3.63, 3.8) is 0 Å². The van der Waals surface area contributed by atoms with E-state index in [0.29, 0.717) is 13.0 Å². The van der Waals surface area contributed by atoms with E-state index >= 15 is 0 Å². The van der Waals surface area contributed by atoms with Gasteiger partial charge >= 0.3 is 0 Å². The summed E-state index contributed by atoms with van der Waals surface area (Å²) in [7, 11) is 1.92. The summed E-state index contributed by atoms with van der Waals surface area (Å²) in [5.74, 6) is 0.194. The number of carbonyl (C=O) groups is 1. The highest BCUT2D eigenvalue weighted by Crippen LogP contribution is 2.02. The first-order valence-electron chi connectivity index (χ1n) is 4.31. The van der Waals surface area contributed by atoms with Gasteiger partial charge in [0.15, 0.2) is 0 Å². The summed E-state index contributed by atoms with van der Waals surface area (Å²) in [6.07, 6.45) is 0.229. The molecule has 2 unspecified atom stereocenters. The minimum Gasteiger partial charge on any atom is -0.392 e. The van der Waals surface area contributed by atoms with Crippen molar-refractivity contribution in [3.8, 4) is 0 Å². The molecule has 0 rings (SSSR count). The van der Waals surface area contributed by atoms with Gasteiger partial charge in [-0.25, -0.2) is 0 Å². The molecule has 0 saturated heterocycles. The van der Waals surface area contributed by atoms with Crippen LogP contribution in [0.4, 0.5) is 0 Å². The maximum Gasteiger partial charge on any atom is 0.131 e. The van der Waals surface area contributed by atoms with Gasteiger partial charge in [-0.15, -0.1) is 0 Å². The Morgan fingerprint density at radius 3 is 2.33 bits per heavy atom. The number of hydrogen-bond donors (Lipinski definition) is 1. The first kappa shape index (κ1) is 11.6. The van der Waals surface area contributed by atoms with Crippen LogP contribution < -0.4 is 0 Å². The lowest BCUT2D eigenvalue weighted by Crippen LogP contribution is -2.35. The summed E-state index contributed by atoms with van der Waals surface area (Å²) in [5, 5.41) is 9.08. The number of carbonyl (C=O) groups excluding carboxylic acids is 1. The van der Waals surface area contributed by atoms with Crippen LogP contribution in [0.3, 0.4) is 0 Å². The molecule has 12 heavy (non-hydrogen) atoms. The van der Waals surface area contributed by atoms with E-state index in [9.17, 15) is 4.79 Å². The van der Waals surface area contributed by atoms with E-state index in [0.717, 1.165) is 0 Å². The Hall–Kier alpha value is -0.410. The molecule has 0 aromatic carbocycles. The molecular formula is C9H19NO2. The van der Waals surface area contributed by atoms with E-state index in [4.69, 9.17) is 5.11 Å². The molecule has 3 heteroatoms. The van der Waals surface area contributed by atoms with E-state index < -0.39 is 0 Å². The van der Waals surface area contributed by atoms with Crippen molar-refractivity contribution in [2.24, 2.45) is 0 Å². The molecule has 0 fully saturated rings. The van der Waals surface area contributed by atoms with Gasteiger partial charge in [-0.05, 0) is 27.8 Å².